The predicted octanol–water partition coefficient (Wildman–Crippen LogP) is 1.90. The third-order valence-electron chi connectivity index (χ3n) is 1.20. The number of esters is 1. The summed E-state index contributed by atoms with van der Waals surface area (Å²) in [6.45, 7) is 5.65. The van der Waals surface area contributed by atoms with Gasteiger partial charge in [0.1, 0.15) is 0 Å². The molecule has 0 aromatic carbocycles. The number of carbonyl (C=O) groups excluding carboxylic acids is 1. The molecular formula is C8H14O2. The van der Waals surface area contributed by atoms with E-state index in [2.05, 4.69) is 0 Å². The first-order valence-corrected chi connectivity index (χ1v) is 3.54. The van der Waals surface area contributed by atoms with E-state index >= 15 is 0 Å². The highest BCUT2D eigenvalue weighted by molar-refractivity contribution is 5.81. The first-order chi connectivity index (χ1) is 4.70. The van der Waals surface area contributed by atoms with Crippen molar-refractivity contribution >= 4 is 5.97 Å². The third kappa shape index (κ3) is 4.13. The summed E-state index contributed by atoms with van der Waals surface area (Å²) >= 11 is 0. The Hall–Kier alpha value is -0.790. The third-order valence-corrected chi connectivity index (χ3v) is 1.20. The van der Waals surface area contributed by atoms with Crippen molar-refractivity contribution in [1.29, 1.82) is 0 Å². The molecule has 58 valence electrons. The van der Waals surface area contributed by atoms with Gasteiger partial charge in [-0.1, -0.05) is 13.0 Å². The molecule has 0 aromatic rings. The fraction of sp³-hybridized carbons (Fsp3) is 0.625. The van der Waals surface area contributed by atoms with Gasteiger partial charge < -0.3 is 4.74 Å². The second kappa shape index (κ2) is 5.03. The van der Waals surface area contributed by atoms with Crippen molar-refractivity contribution in [2.45, 2.75) is 33.3 Å². The van der Waals surface area contributed by atoms with Gasteiger partial charge in [-0.2, -0.15) is 0 Å². The summed E-state index contributed by atoms with van der Waals surface area (Å²) in [7, 11) is 0. The van der Waals surface area contributed by atoms with Crippen molar-refractivity contribution in [2.24, 2.45) is 0 Å². The Labute approximate surface area is 61.9 Å². The zero-order valence-electron chi connectivity index (χ0n) is 6.76. The van der Waals surface area contributed by atoms with Crippen molar-refractivity contribution in [3.8, 4) is 0 Å². The molecule has 0 spiro atoms. The van der Waals surface area contributed by atoms with Gasteiger partial charge in [0.2, 0.25) is 0 Å². The van der Waals surface area contributed by atoms with Crippen LogP contribution in [0.25, 0.3) is 0 Å². The van der Waals surface area contributed by atoms with Crippen molar-refractivity contribution in [3.63, 3.8) is 0 Å². The SMILES string of the molecule is CC=CC(=O)OC(C)CC. The second-order valence-corrected chi connectivity index (χ2v) is 2.16. The van der Waals surface area contributed by atoms with Crippen LogP contribution in [-0.2, 0) is 9.53 Å². The van der Waals surface area contributed by atoms with E-state index in [-0.39, 0.29) is 12.1 Å². The lowest BCUT2D eigenvalue weighted by molar-refractivity contribution is -0.142. The van der Waals surface area contributed by atoms with E-state index in [0.717, 1.165) is 6.42 Å². The molecule has 0 aliphatic rings. The summed E-state index contributed by atoms with van der Waals surface area (Å²) in [5.41, 5.74) is 0. The molecule has 0 amide bonds. The van der Waals surface area contributed by atoms with Gasteiger partial charge in [0, 0.05) is 6.08 Å². The Kier molecular flexibility index (Phi) is 4.63. The molecule has 2 heteroatoms. The molecule has 0 fully saturated rings. The molecule has 2 nitrogen and oxygen atoms in total. The van der Waals surface area contributed by atoms with Crippen LogP contribution >= 0.6 is 0 Å². The van der Waals surface area contributed by atoms with E-state index in [1.165, 1.54) is 6.08 Å². The zero-order valence-corrected chi connectivity index (χ0v) is 6.76. The number of hydrogen-bond acceptors (Lipinski definition) is 2. The van der Waals surface area contributed by atoms with Crippen molar-refractivity contribution in [2.75, 3.05) is 0 Å². The van der Waals surface area contributed by atoms with Crippen LogP contribution < -0.4 is 0 Å². The Morgan fingerprint density at radius 3 is 2.70 bits per heavy atom. The van der Waals surface area contributed by atoms with Crippen molar-refractivity contribution in [3.05, 3.63) is 12.2 Å². The van der Waals surface area contributed by atoms with Gasteiger partial charge in [-0.3, -0.25) is 0 Å². The Morgan fingerprint density at radius 1 is 1.70 bits per heavy atom. The molecule has 0 radical (unpaired) electrons. The highest BCUT2D eigenvalue weighted by Gasteiger charge is 2.01. The van der Waals surface area contributed by atoms with Crippen LogP contribution in [0.4, 0.5) is 0 Å². The molecule has 0 rings (SSSR count). The first-order valence-electron chi connectivity index (χ1n) is 3.54. The number of carbonyl (C=O) groups is 1. The van der Waals surface area contributed by atoms with Crippen LogP contribution in [0.5, 0.6) is 0 Å². The van der Waals surface area contributed by atoms with Crippen LogP contribution in [-0.4, -0.2) is 12.1 Å². The molecule has 0 bridgehead atoms. The van der Waals surface area contributed by atoms with Gasteiger partial charge in [-0.05, 0) is 20.3 Å². The second-order valence-electron chi connectivity index (χ2n) is 2.16. The lowest BCUT2D eigenvalue weighted by atomic mass is 10.3. The summed E-state index contributed by atoms with van der Waals surface area (Å²) in [4.78, 5) is 10.7. The van der Waals surface area contributed by atoms with Crippen LogP contribution in [0.2, 0.25) is 0 Å². The summed E-state index contributed by atoms with van der Waals surface area (Å²) in [5.74, 6) is -0.253. The van der Waals surface area contributed by atoms with Crippen LogP contribution in [0.1, 0.15) is 27.2 Å². The van der Waals surface area contributed by atoms with E-state index in [0.29, 0.717) is 0 Å². The maximum Gasteiger partial charge on any atom is 0.330 e. The average molecular weight is 142 g/mol. The number of rotatable bonds is 3. The lowest BCUT2D eigenvalue weighted by Gasteiger charge is -2.07. The number of hydrogen-bond donors (Lipinski definition) is 0. The summed E-state index contributed by atoms with van der Waals surface area (Å²) in [5, 5.41) is 0. The summed E-state index contributed by atoms with van der Waals surface area (Å²) in [6.07, 6.45) is 3.99. The number of allylic oxidation sites excluding steroid dienone is 1. The summed E-state index contributed by atoms with van der Waals surface area (Å²) < 4.78 is 4.91. The molecule has 1 atom stereocenters. The fourth-order valence-corrected chi connectivity index (χ4v) is 0.457. The number of ether oxygens (including phenoxy) is 1. The quantitative estimate of drug-likeness (QED) is 0.444. The lowest BCUT2D eigenvalue weighted by Crippen LogP contribution is -2.11. The van der Waals surface area contributed by atoms with Gasteiger partial charge in [-0.25, -0.2) is 4.79 Å². The van der Waals surface area contributed by atoms with E-state index in [4.69, 9.17) is 4.74 Å². The fourth-order valence-electron chi connectivity index (χ4n) is 0.457. The Bertz CT molecular complexity index is 127. The molecule has 1 unspecified atom stereocenters. The van der Waals surface area contributed by atoms with E-state index < -0.39 is 0 Å². The van der Waals surface area contributed by atoms with E-state index in [1.807, 2.05) is 13.8 Å². The van der Waals surface area contributed by atoms with Crippen molar-refractivity contribution < 1.29 is 9.53 Å². The topological polar surface area (TPSA) is 26.3 Å². The maximum atomic E-state index is 10.7. The smallest absolute Gasteiger partial charge is 0.330 e. The molecule has 0 saturated heterocycles. The van der Waals surface area contributed by atoms with Gasteiger partial charge in [-0.15, -0.1) is 0 Å². The Balaban J connectivity index is 3.57. The standard InChI is InChI=1S/C8H14O2/c1-4-6-8(9)10-7(3)5-2/h4,6-7H,5H2,1-3H3. The monoisotopic (exact) mass is 142 g/mol. The molecule has 0 aromatic heterocycles. The maximum absolute atomic E-state index is 10.7. The molecule has 0 heterocycles. The van der Waals surface area contributed by atoms with E-state index in [1.54, 1.807) is 13.0 Å². The molecule has 0 saturated carbocycles. The molecule has 0 aliphatic carbocycles. The van der Waals surface area contributed by atoms with Crippen LogP contribution in [0.3, 0.4) is 0 Å². The van der Waals surface area contributed by atoms with Gasteiger partial charge in [0.15, 0.2) is 0 Å². The minimum absolute atomic E-state index is 0.0312. The molecular weight excluding hydrogens is 128 g/mol. The highest BCUT2D eigenvalue weighted by Crippen LogP contribution is 1.96. The largest absolute Gasteiger partial charge is 0.460 e. The summed E-state index contributed by atoms with van der Waals surface area (Å²) in [6, 6.07) is 0. The average Bonchev–Trinajstić information content (AvgIpc) is 1.88. The zero-order chi connectivity index (χ0) is 7.98. The first kappa shape index (κ1) is 9.21. The van der Waals surface area contributed by atoms with Gasteiger partial charge in [0.05, 0.1) is 6.10 Å². The minimum atomic E-state index is -0.253. The predicted molar refractivity (Wildman–Crippen MR) is 40.7 cm³/mol. The normalized spacial score (nSPS) is 13.5. The van der Waals surface area contributed by atoms with E-state index in [9.17, 15) is 4.79 Å². The van der Waals surface area contributed by atoms with Crippen LogP contribution in [0.15, 0.2) is 12.2 Å². The molecule has 10 heavy (non-hydrogen) atoms. The molecule has 0 N–H and O–H groups in total. The van der Waals surface area contributed by atoms with Gasteiger partial charge in [0.25, 0.3) is 0 Å². The molecule has 0 aliphatic heterocycles. The minimum Gasteiger partial charge on any atom is -0.460 e. The van der Waals surface area contributed by atoms with Crippen molar-refractivity contribution in [1.82, 2.24) is 0 Å². The Morgan fingerprint density at radius 2 is 2.30 bits per heavy atom. The highest BCUT2D eigenvalue weighted by atomic mass is 16.5. The van der Waals surface area contributed by atoms with Crippen LogP contribution in [0, 0.1) is 0 Å². The van der Waals surface area contributed by atoms with Gasteiger partial charge >= 0.3 is 5.97 Å².